The summed E-state index contributed by atoms with van der Waals surface area (Å²) in [6.45, 7) is 0.231. The summed E-state index contributed by atoms with van der Waals surface area (Å²) in [7, 11) is 1.70. The van der Waals surface area contributed by atoms with Crippen LogP contribution in [0.3, 0.4) is 0 Å². The van der Waals surface area contributed by atoms with Crippen molar-refractivity contribution in [1.29, 1.82) is 0 Å². The number of nitrogens with one attached hydrogen (secondary N) is 1. The number of ether oxygens (including phenoxy) is 1. The van der Waals surface area contributed by atoms with Gasteiger partial charge in [0.05, 0.1) is 6.54 Å². The van der Waals surface area contributed by atoms with Crippen LogP contribution in [0.25, 0.3) is 0 Å². The molecule has 0 spiro atoms. The van der Waals surface area contributed by atoms with Crippen molar-refractivity contribution in [3.8, 4) is 5.75 Å². The summed E-state index contributed by atoms with van der Waals surface area (Å²) in [6.07, 6.45) is 0. The van der Waals surface area contributed by atoms with E-state index in [4.69, 9.17) is 4.74 Å². The van der Waals surface area contributed by atoms with E-state index < -0.39 is 0 Å². The molecule has 0 amide bonds. The minimum atomic E-state index is -0.274. The molecule has 3 nitrogen and oxygen atoms in total. The van der Waals surface area contributed by atoms with Gasteiger partial charge in [-0.1, -0.05) is 18.2 Å². The highest BCUT2D eigenvalue weighted by atomic mass is 16.5. The van der Waals surface area contributed by atoms with E-state index in [0.717, 1.165) is 0 Å². The molecule has 0 saturated heterocycles. The summed E-state index contributed by atoms with van der Waals surface area (Å²) >= 11 is 0. The SMILES string of the molecule is CNCC(=O)Oc1ccccc1. The van der Waals surface area contributed by atoms with Gasteiger partial charge in [0.1, 0.15) is 5.75 Å². The second kappa shape index (κ2) is 4.51. The van der Waals surface area contributed by atoms with Crippen LogP contribution in [0.5, 0.6) is 5.75 Å². The molecule has 0 saturated carbocycles. The van der Waals surface area contributed by atoms with Crippen molar-refractivity contribution in [2.45, 2.75) is 0 Å². The lowest BCUT2D eigenvalue weighted by molar-refractivity contribution is -0.133. The van der Waals surface area contributed by atoms with Gasteiger partial charge >= 0.3 is 5.97 Å². The van der Waals surface area contributed by atoms with Crippen molar-refractivity contribution in [1.82, 2.24) is 5.32 Å². The third-order valence-electron chi connectivity index (χ3n) is 1.30. The Morgan fingerprint density at radius 3 is 2.67 bits per heavy atom. The summed E-state index contributed by atoms with van der Waals surface area (Å²) in [5.74, 6) is 0.307. The van der Waals surface area contributed by atoms with Crippen molar-refractivity contribution >= 4 is 5.97 Å². The molecule has 0 unspecified atom stereocenters. The third-order valence-corrected chi connectivity index (χ3v) is 1.30. The topological polar surface area (TPSA) is 38.3 Å². The second-order valence-electron chi connectivity index (χ2n) is 2.32. The molecule has 1 N–H and O–H groups in total. The Balaban J connectivity index is 2.47. The van der Waals surface area contributed by atoms with Crippen LogP contribution in [-0.4, -0.2) is 19.6 Å². The van der Waals surface area contributed by atoms with E-state index in [1.807, 2.05) is 18.2 Å². The van der Waals surface area contributed by atoms with Crippen LogP contribution in [0, 0.1) is 0 Å². The molecule has 0 aliphatic carbocycles. The maximum absolute atomic E-state index is 10.9. The minimum absolute atomic E-state index is 0.231. The fraction of sp³-hybridized carbons (Fsp3) is 0.222. The molecular formula is C9H11NO2. The molecule has 0 radical (unpaired) electrons. The fourth-order valence-corrected chi connectivity index (χ4v) is 0.800. The van der Waals surface area contributed by atoms with Gasteiger partial charge in [-0.15, -0.1) is 0 Å². The van der Waals surface area contributed by atoms with Crippen LogP contribution in [0.15, 0.2) is 30.3 Å². The van der Waals surface area contributed by atoms with Gasteiger partial charge in [-0.05, 0) is 19.2 Å². The van der Waals surface area contributed by atoms with E-state index in [2.05, 4.69) is 5.32 Å². The smallest absolute Gasteiger partial charge is 0.325 e. The predicted molar refractivity (Wildman–Crippen MR) is 46.0 cm³/mol. The van der Waals surface area contributed by atoms with Crippen molar-refractivity contribution in [2.75, 3.05) is 13.6 Å². The molecule has 0 heterocycles. The lowest BCUT2D eigenvalue weighted by Gasteiger charge is -2.01. The number of benzene rings is 1. The van der Waals surface area contributed by atoms with Crippen molar-refractivity contribution in [2.24, 2.45) is 0 Å². The summed E-state index contributed by atoms with van der Waals surface area (Å²) in [5, 5.41) is 2.71. The first-order valence-corrected chi connectivity index (χ1v) is 3.73. The van der Waals surface area contributed by atoms with Gasteiger partial charge in [-0.25, -0.2) is 0 Å². The molecule has 12 heavy (non-hydrogen) atoms. The predicted octanol–water partition coefficient (Wildman–Crippen LogP) is 0.811. The number of hydrogen-bond acceptors (Lipinski definition) is 3. The van der Waals surface area contributed by atoms with Crippen LogP contribution in [0.4, 0.5) is 0 Å². The Morgan fingerprint density at radius 1 is 1.42 bits per heavy atom. The van der Waals surface area contributed by atoms with Gasteiger partial charge in [-0.2, -0.15) is 0 Å². The Morgan fingerprint density at radius 2 is 2.08 bits per heavy atom. The van der Waals surface area contributed by atoms with E-state index in [9.17, 15) is 4.79 Å². The largest absolute Gasteiger partial charge is 0.426 e. The highest BCUT2D eigenvalue weighted by Gasteiger charge is 2.00. The van der Waals surface area contributed by atoms with Gasteiger partial charge < -0.3 is 10.1 Å². The minimum Gasteiger partial charge on any atom is -0.426 e. The molecular weight excluding hydrogens is 154 g/mol. The van der Waals surface area contributed by atoms with E-state index >= 15 is 0 Å². The first-order chi connectivity index (χ1) is 5.83. The second-order valence-corrected chi connectivity index (χ2v) is 2.32. The lowest BCUT2D eigenvalue weighted by atomic mass is 10.3. The zero-order valence-corrected chi connectivity index (χ0v) is 6.91. The molecule has 3 heteroatoms. The molecule has 1 aromatic carbocycles. The standard InChI is InChI=1S/C9H11NO2/c1-10-7-9(11)12-8-5-3-2-4-6-8/h2-6,10H,7H2,1H3. The van der Waals surface area contributed by atoms with Gasteiger partial charge in [0.15, 0.2) is 0 Å². The quantitative estimate of drug-likeness (QED) is 0.532. The number of rotatable bonds is 3. The fourth-order valence-electron chi connectivity index (χ4n) is 0.800. The molecule has 0 aromatic heterocycles. The average molecular weight is 165 g/mol. The van der Waals surface area contributed by atoms with Crippen molar-refractivity contribution in [3.63, 3.8) is 0 Å². The van der Waals surface area contributed by atoms with E-state index in [-0.39, 0.29) is 12.5 Å². The molecule has 0 aliphatic rings. The van der Waals surface area contributed by atoms with E-state index in [1.54, 1.807) is 19.2 Å². The molecule has 0 atom stereocenters. The Kier molecular flexibility index (Phi) is 3.29. The van der Waals surface area contributed by atoms with E-state index in [0.29, 0.717) is 5.75 Å². The molecule has 0 fully saturated rings. The van der Waals surface area contributed by atoms with Crippen LogP contribution in [0.1, 0.15) is 0 Å². The summed E-state index contributed by atoms with van der Waals surface area (Å²) < 4.78 is 4.95. The van der Waals surface area contributed by atoms with Gasteiger partial charge in [0, 0.05) is 0 Å². The summed E-state index contributed by atoms with van der Waals surface area (Å²) in [4.78, 5) is 10.9. The maximum atomic E-state index is 10.9. The monoisotopic (exact) mass is 165 g/mol. The number of esters is 1. The molecule has 1 aromatic rings. The number of para-hydroxylation sites is 1. The number of carbonyl (C=O) groups excluding carboxylic acids is 1. The third kappa shape index (κ3) is 2.72. The van der Waals surface area contributed by atoms with Gasteiger partial charge in [0.25, 0.3) is 0 Å². The van der Waals surface area contributed by atoms with E-state index in [1.165, 1.54) is 0 Å². The Labute approximate surface area is 71.4 Å². The van der Waals surface area contributed by atoms with Crippen molar-refractivity contribution < 1.29 is 9.53 Å². The normalized spacial score (nSPS) is 9.42. The van der Waals surface area contributed by atoms with Crippen LogP contribution in [0.2, 0.25) is 0 Å². The average Bonchev–Trinajstić information content (AvgIpc) is 2.06. The van der Waals surface area contributed by atoms with Crippen molar-refractivity contribution in [3.05, 3.63) is 30.3 Å². The van der Waals surface area contributed by atoms with Gasteiger partial charge in [0.2, 0.25) is 0 Å². The molecule has 1 rings (SSSR count). The molecule has 0 aliphatic heterocycles. The molecule has 64 valence electrons. The Bertz CT molecular complexity index is 246. The zero-order valence-electron chi connectivity index (χ0n) is 6.91. The highest BCUT2D eigenvalue weighted by Crippen LogP contribution is 2.07. The maximum Gasteiger partial charge on any atom is 0.325 e. The summed E-state index contributed by atoms with van der Waals surface area (Å²) in [6, 6.07) is 9.00. The first kappa shape index (κ1) is 8.74. The summed E-state index contributed by atoms with van der Waals surface area (Å²) in [5.41, 5.74) is 0. The van der Waals surface area contributed by atoms with Crippen LogP contribution >= 0.6 is 0 Å². The lowest BCUT2D eigenvalue weighted by Crippen LogP contribution is -2.23. The highest BCUT2D eigenvalue weighted by molar-refractivity contribution is 5.74. The number of carbonyl (C=O) groups is 1. The zero-order chi connectivity index (χ0) is 8.81. The number of likely N-dealkylation sites (N-methyl/N-ethyl adjacent to an activating group) is 1. The number of hydrogen-bond donors (Lipinski definition) is 1. The van der Waals surface area contributed by atoms with Crippen LogP contribution in [-0.2, 0) is 4.79 Å². The Hall–Kier alpha value is -1.35. The molecule has 0 bridgehead atoms. The van der Waals surface area contributed by atoms with Gasteiger partial charge in [-0.3, -0.25) is 4.79 Å². The van der Waals surface area contributed by atoms with Crippen LogP contribution < -0.4 is 10.1 Å². The first-order valence-electron chi connectivity index (χ1n) is 3.73.